The van der Waals surface area contributed by atoms with Gasteiger partial charge in [0.1, 0.15) is 0 Å². The van der Waals surface area contributed by atoms with Crippen molar-refractivity contribution in [2.45, 2.75) is 12.8 Å². The summed E-state index contributed by atoms with van der Waals surface area (Å²) in [5.74, 6) is 0.293. The highest BCUT2D eigenvalue weighted by Gasteiger charge is 2.28. The molecule has 0 spiro atoms. The number of aromatic amines is 1. The molecule has 1 fully saturated rings. The maximum Gasteiger partial charge on any atom is 0.223 e. The van der Waals surface area contributed by atoms with Crippen LogP contribution >= 0.6 is 0 Å². The molecular weight excluding hydrogens is 240 g/mol. The lowest BCUT2D eigenvalue weighted by molar-refractivity contribution is -0.127. The van der Waals surface area contributed by atoms with Crippen molar-refractivity contribution in [1.29, 1.82) is 0 Å². The number of aromatic nitrogens is 1. The molecular formula is C15H18N2O2. The summed E-state index contributed by atoms with van der Waals surface area (Å²) in [6.45, 7) is 1.55. The summed E-state index contributed by atoms with van der Waals surface area (Å²) in [5.41, 5.74) is 2.38. The third-order valence-electron chi connectivity index (χ3n) is 3.84. The zero-order chi connectivity index (χ0) is 13.2. The van der Waals surface area contributed by atoms with E-state index in [0.717, 1.165) is 18.5 Å². The third kappa shape index (κ3) is 2.49. The minimum Gasteiger partial charge on any atom is -0.396 e. The predicted octanol–water partition coefficient (Wildman–Crippen LogP) is 1.55. The Morgan fingerprint density at radius 3 is 3.05 bits per heavy atom. The number of amides is 1. The highest BCUT2D eigenvalue weighted by molar-refractivity contribution is 5.80. The van der Waals surface area contributed by atoms with E-state index in [1.165, 1.54) is 10.9 Å². The van der Waals surface area contributed by atoms with Gasteiger partial charge in [0.05, 0.1) is 0 Å². The zero-order valence-corrected chi connectivity index (χ0v) is 10.8. The van der Waals surface area contributed by atoms with Crippen LogP contribution in [0.3, 0.4) is 0 Å². The SMILES string of the molecule is O=C1CC(CO)CN1CCc1ccc2[nH]ccc2c1. The van der Waals surface area contributed by atoms with Crippen molar-refractivity contribution in [2.75, 3.05) is 19.7 Å². The number of likely N-dealkylation sites (tertiary alicyclic amines) is 1. The number of benzene rings is 1. The molecule has 4 nitrogen and oxygen atoms in total. The average Bonchev–Trinajstić information content (AvgIpc) is 3.02. The lowest BCUT2D eigenvalue weighted by atomic mass is 10.1. The van der Waals surface area contributed by atoms with Gasteiger partial charge in [0.2, 0.25) is 5.91 Å². The smallest absolute Gasteiger partial charge is 0.223 e. The maximum absolute atomic E-state index is 11.7. The standard InChI is InChI=1S/C15H18N2O2/c18-10-12-8-15(19)17(9-12)6-4-11-1-2-14-13(7-11)3-5-16-14/h1-3,5,7,12,16,18H,4,6,8-10H2. The summed E-state index contributed by atoms with van der Waals surface area (Å²) in [4.78, 5) is 16.8. The molecule has 2 heterocycles. The lowest BCUT2D eigenvalue weighted by Gasteiger charge is -2.16. The molecule has 0 bridgehead atoms. The van der Waals surface area contributed by atoms with E-state index in [2.05, 4.69) is 29.2 Å². The van der Waals surface area contributed by atoms with Gasteiger partial charge in [0.25, 0.3) is 0 Å². The van der Waals surface area contributed by atoms with Crippen molar-refractivity contribution >= 4 is 16.8 Å². The highest BCUT2D eigenvalue weighted by Crippen LogP contribution is 2.19. The Hall–Kier alpha value is -1.81. The minimum absolute atomic E-state index is 0.109. The Balaban J connectivity index is 1.64. The number of hydrogen-bond acceptors (Lipinski definition) is 2. The second kappa shape index (κ2) is 5.05. The van der Waals surface area contributed by atoms with Gasteiger partial charge in [-0.25, -0.2) is 0 Å². The summed E-state index contributed by atoms with van der Waals surface area (Å²) in [5, 5.41) is 10.3. The molecule has 0 aliphatic carbocycles. The van der Waals surface area contributed by atoms with Crippen LogP contribution in [0.25, 0.3) is 10.9 Å². The number of fused-ring (bicyclic) bond motifs is 1. The Morgan fingerprint density at radius 2 is 2.26 bits per heavy atom. The van der Waals surface area contributed by atoms with Crippen molar-refractivity contribution in [3.63, 3.8) is 0 Å². The van der Waals surface area contributed by atoms with E-state index in [0.29, 0.717) is 13.0 Å². The van der Waals surface area contributed by atoms with E-state index in [1.807, 2.05) is 11.1 Å². The van der Waals surface area contributed by atoms with E-state index in [9.17, 15) is 4.79 Å². The molecule has 1 aliphatic rings. The van der Waals surface area contributed by atoms with Crippen LogP contribution in [-0.2, 0) is 11.2 Å². The molecule has 1 aromatic heterocycles. The molecule has 0 saturated carbocycles. The van der Waals surface area contributed by atoms with Gasteiger partial charge in [-0.2, -0.15) is 0 Å². The van der Waals surface area contributed by atoms with E-state index in [1.54, 1.807) is 0 Å². The van der Waals surface area contributed by atoms with Crippen LogP contribution in [0.4, 0.5) is 0 Å². The molecule has 2 aromatic rings. The third-order valence-corrected chi connectivity index (χ3v) is 3.84. The largest absolute Gasteiger partial charge is 0.396 e. The molecule has 100 valence electrons. The highest BCUT2D eigenvalue weighted by atomic mass is 16.3. The second-order valence-electron chi connectivity index (χ2n) is 5.24. The molecule has 1 amide bonds. The number of carbonyl (C=O) groups is 1. The monoisotopic (exact) mass is 258 g/mol. The number of aliphatic hydroxyl groups is 1. The molecule has 0 radical (unpaired) electrons. The van der Waals surface area contributed by atoms with Gasteiger partial charge in [-0.05, 0) is 35.6 Å². The number of nitrogens with zero attached hydrogens (tertiary/aromatic N) is 1. The van der Waals surface area contributed by atoms with Crippen LogP contribution in [0.1, 0.15) is 12.0 Å². The first-order chi connectivity index (χ1) is 9.26. The molecule has 4 heteroatoms. The topological polar surface area (TPSA) is 56.3 Å². The lowest BCUT2D eigenvalue weighted by Crippen LogP contribution is -2.27. The fourth-order valence-corrected chi connectivity index (χ4v) is 2.71. The van der Waals surface area contributed by atoms with Crippen LogP contribution in [-0.4, -0.2) is 40.6 Å². The Bertz CT molecular complexity index is 591. The summed E-state index contributed by atoms with van der Waals surface area (Å²) >= 11 is 0. The minimum atomic E-state index is 0.109. The van der Waals surface area contributed by atoms with Gasteiger partial charge in [0, 0.05) is 43.7 Å². The van der Waals surface area contributed by atoms with E-state index in [4.69, 9.17) is 5.11 Å². The Kier molecular flexibility index (Phi) is 3.25. The van der Waals surface area contributed by atoms with E-state index >= 15 is 0 Å². The van der Waals surface area contributed by atoms with E-state index < -0.39 is 0 Å². The normalized spacial score (nSPS) is 19.5. The summed E-state index contributed by atoms with van der Waals surface area (Å²) in [6, 6.07) is 8.40. The number of rotatable bonds is 4. The van der Waals surface area contributed by atoms with E-state index in [-0.39, 0.29) is 18.4 Å². The molecule has 1 aliphatic heterocycles. The Labute approximate surface area is 112 Å². The van der Waals surface area contributed by atoms with Crippen LogP contribution in [0.2, 0.25) is 0 Å². The fourth-order valence-electron chi connectivity index (χ4n) is 2.71. The molecule has 1 unspecified atom stereocenters. The number of carbonyl (C=O) groups excluding carboxylic acids is 1. The zero-order valence-electron chi connectivity index (χ0n) is 10.8. The van der Waals surface area contributed by atoms with Crippen molar-refractivity contribution in [1.82, 2.24) is 9.88 Å². The first-order valence-electron chi connectivity index (χ1n) is 6.71. The molecule has 2 N–H and O–H groups in total. The van der Waals surface area contributed by atoms with Crippen LogP contribution in [0.5, 0.6) is 0 Å². The second-order valence-corrected chi connectivity index (χ2v) is 5.24. The quantitative estimate of drug-likeness (QED) is 0.874. The van der Waals surface area contributed by atoms with Crippen molar-refractivity contribution < 1.29 is 9.90 Å². The van der Waals surface area contributed by atoms with Crippen LogP contribution in [0, 0.1) is 5.92 Å². The summed E-state index contributed by atoms with van der Waals surface area (Å²) in [6.07, 6.45) is 3.29. The Morgan fingerprint density at radius 1 is 1.37 bits per heavy atom. The van der Waals surface area contributed by atoms with Gasteiger partial charge in [-0.15, -0.1) is 0 Å². The average molecular weight is 258 g/mol. The van der Waals surface area contributed by atoms with Gasteiger partial charge < -0.3 is 15.0 Å². The van der Waals surface area contributed by atoms with Crippen LogP contribution < -0.4 is 0 Å². The van der Waals surface area contributed by atoms with Gasteiger partial charge in [0.15, 0.2) is 0 Å². The maximum atomic E-state index is 11.7. The van der Waals surface area contributed by atoms with Gasteiger partial charge in [-0.1, -0.05) is 6.07 Å². The summed E-state index contributed by atoms with van der Waals surface area (Å²) < 4.78 is 0. The number of hydrogen-bond donors (Lipinski definition) is 2. The molecule has 3 rings (SSSR count). The molecule has 1 aromatic carbocycles. The first kappa shape index (κ1) is 12.2. The number of H-pyrrole nitrogens is 1. The van der Waals surface area contributed by atoms with Crippen molar-refractivity contribution in [3.8, 4) is 0 Å². The number of nitrogens with one attached hydrogen (secondary N) is 1. The molecule has 19 heavy (non-hydrogen) atoms. The molecule has 1 saturated heterocycles. The predicted molar refractivity (Wildman–Crippen MR) is 73.8 cm³/mol. The number of aliphatic hydroxyl groups excluding tert-OH is 1. The summed E-state index contributed by atoms with van der Waals surface area (Å²) in [7, 11) is 0. The molecule has 1 atom stereocenters. The first-order valence-corrected chi connectivity index (χ1v) is 6.71. The van der Waals surface area contributed by atoms with Gasteiger partial charge in [-0.3, -0.25) is 4.79 Å². The fraction of sp³-hybridized carbons (Fsp3) is 0.400. The van der Waals surface area contributed by atoms with Crippen LogP contribution in [0.15, 0.2) is 30.5 Å². The van der Waals surface area contributed by atoms with Crippen molar-refractivity contribution in [3.05, 3.63) is 36.0 Å². The van der Waals surface area contributed by atoms with Gasteiger partial charge >= 0.3 is 0 Å². The van der Waals surface area contributed by atoms with Crippen molar-refractivity contribution in [2.24, 2.45) is 5.92 Å².